The average molecular weight is 380 g/mol. The van der Waals surface area contributed by atoms with E-state index in [1.807, 2.05) is 0 Å². The zero-order chi connectivity index (χ0) is 15.3. The second kappa shape index (κ2) is 10.6. The molecule has 2 saturated heterocycles. The highest BCUT2D eigenvalue weighted by atomic mass is 35.5. The number of hydrogen-bond acceptors (Lipinski definition) is 3. The van der Waals surface area contributed by atoms with Gasteiger partial charge < -0.3 is 10.6 Å². The normalized spacial score (nSPS) is 23.0. The monoisotopic (exact) mass is 379 g/mol. The summed E-state index contributed by atoms with van der Waals surface area (Å²) in [7, 11) is 0. The lowest BCUT2D eigenvalue weighted by atomic mass is 9.93. The minimum absolute atomic E-state index is 0. The van der Waals surface area contributed by atoms with Gasteiger partial charge in [0.05, 0.1) is 12.6 Å². The number of piperidine rings is 1. The fourth-order valence-electron chi connectivity index (χ4n) is 3.12. The van der Waals surface area contributed by atoms with E-state index in [0.29, 0.717) is 25.6 Å². The SMILES string of the molecule is Cl.Cl.O=C(NCCC1CCN(CC(F)(F)F)CC1)C1CCCN1. The molecule has 4 nitrogen and oxygen atoms in total. The first-order valence-corrected chi connectivity index (χ1v) is 7.74. The lowest BCUT2D eigenvalue weighted by Gasteiger charge is -2.32. The molecule has 1 amide bonds. The summed E-state index contributed by atoms with van der Waals surface area (Å²) in [6.07, 6.45) is 0.256. The van der Waals surface area contributed by atoms with Crippen molar-refractivity contribution in [2.24, 2.45) is 5.92 Å². The first-order chi connectivity index (χ1) is 9.94. The second-order valence-electron chi connectivity index (χ2n) is 6.06. The number of hydrogen-bond donors (Lipinski definition) is 2. The van der Waals surface area contributed by atoms with E-state index >= 15 is 0 Å². The molecule has 2 fully saturated rings. The van der Waals surface area contributed by atoms with Crippen LogP contribution in [-0.4, -0.2) is 55.7 Å². The molecule has 2 rings (SSSR count). The average Bonchev–Trinajstić information content (AvgIpc) is 2.93. The van der Waals surface area contributed by atoms with Crippen LogP contribution in [-0.2, 0) is 4.79 Å². The Morgan fingerprint density at radius 3 is 2.35 bits per heavy atom. The quantitative estimate of drug-likeness (QED) is 0.770. The highest BCUT2D eigenvalue weighted by Crippen LogP contribution is 2.23. The molecular weight excluding hydrogens is 354 g/mol. The molecule has 0 saturated carbocycles. The largest absolute Gasteiger partial charge is 0.401 e. The summed E-state index contributed by atoms with van der Waals surface area (Å²) in [5, 5.41) is 6.07. The van der Waals surface area contributed by atoms with Crippen LogP contribution in [0.2, 0.25) is 0 Å². The van der Waals surface area contributed by atoms with Crippen LogP contribution in [0.25, 0.3) is 0 Å². The number of halogens is 5. The van der Waals surface area contributed by atoms with Crippen molar-refractivity contribution in [3.05, 3.63) is 0 Å². The Kier molecular flexibility index (Phi) is 10.5. The van der Waals surface area contributed by atoms with Gasteiger partial charge in [0, 0.05) is 6.54 Å². The van der Waals surface area contributed by atoms with Gasteiger partial charge in [0.15, 0.2) is 0 Å². The third-order valence-electron chi connectivity index (χ3n) is 4.34. The van der Waals surface area contributed by atoms with Gasteiger partial charge >= 0.3 is 6.18 Å². The van der Waals surface area contributed by atoms with Crippen LogP contribution in [0.1, 0.15) is 32.1 Å². The van der Waals surface area contributed by atoms with Gasteiger partial charge in [0.25, 0.3) is 0 Å². The van der Waals surface area contributed by atoms with Gasteiger partial charge in [-0.3, -0.25) is 9.69 Å². The predicted molar refractivity (Wildman–Crippen MR) is 88.4 cm³/mol. The number of amides is 1. The van der Waals surface area contributed by atoms with Crippen LogP contribution in [0.4, 0.5) is 13.2 Å². The number of rotatable bonds is 5. The summed E-state index contributed by atoms with van der Waals surface area (Å²) in [6.45, 7) is 1.73. The minimum atomic E-state index is -4.10. The molecule has 23 heavy (non-hydrogen) atoms. The van der Waals surface area contributed by atoms with Crippen LogP contribution in [0, 0.1) is 5.92 Å². The molecule has 0 aromatic heterocycles. The molecule has 2 N–H and O–H groups in total. The summed E-state index contributed by atoms with van der Waals surface area (Å²) in [6, 6.07) is -0.0568. The molecule has 0 aromatic rings. The van der Waals surface area contributed by atoms with Crippen molar-refractivity contribution in [2.45, 2.75) is 44.3 Å². The van der Waals surface area contributed by atoms with Crippen molar-refractivity contribution in [3.63, 3.8) is 0 Å². The molecular formula is C14H26Cl2F3N3O. The molecule has 2 heterocycles. The number of carbonyl (C=O) groups excluding carboxylic acids is 1. The van der Waals surface area contributed by atoms with E-state index in [9.17, 15) is 18.0 Å². The number of alkyl halides is 3. The molecule has 2 aliphatic heterocycles. The fourth-order valence-corrected chi connectivity index (χ4v) is 3.12. The Morgan fingerprint density at radius 2 is 1.83 bits per heavy atom. The summed E-state index contributed by atoms with van der Waals surface area (Å²) in [5.41, 5.74) is 0. The van der Waals surface area contributed by atoms with Crippen molar-refractivity contribution < 1.29 is 18.0 Å². The van der Waals surface area contributed by atoms with Gasteiger partial charge in [-0.25, -0.2) is 0 Å². The maximum Gasteiger partial charge on any atom is 0.401 e. The molecule has 0 radical (unpaired) electrons. The van der Waals surface area contributed by atoms with Crippen LogP contribution in [0.5, 0.6) is 0 Å². The standard InChI is InChI=1S/C14H24F3N3O.2ClH/c15-14(16,17)10-20-8-4-11(5-9-20)3-7-19-13(21)12-2-1-6-18-12;;/h11-12,18H,1-10H2,(H,19,21);2*1H. The van der Waals surface area contributed by atoms with Crippen molar-refractivity contribution in [3.8, 4) is 0 Å². The zero-order valence-electron chi connectivity index (χ0n) is 13.0. The van der Waals surface area contributed by atoms with Gasteiger partial charge in [-0.2, -0.15) is 13.2 Å². The predicted octanol–water partition coefficient (Wildman–Crippen LogP) is 2.36. The second-order valence-corrected chi connectivity index (χ2v) is 6.06. The summed E-state index contributed by atoms with van der Waals surface area (Å²) in [4.78, 5) is 13.3. The van der Waals surface area contributed by atoms with Crippen LogP contribution in [0.15, 0.2) is 0 Å². The van der Waals surface area contributed by atoms with Gasteiger partial charge in [-0.05, 0) is 57.7 Å². The van der Waals surface area contributed by atoms with E-state index in [2.05, 4.69) is 10.6 Å². The lowest BCUT2D eigenvalue weighted by molar-refractivity contribution is -0.148. The third-order valence-corrected chi connectivity index (χ3v) is 4.34. The first kappa shape index (κ1) is 22.8. The molecule has 1 unspecified atom stereocenters. The fraction of sp³-hybridized carbons (Fsp3) is 0.929. The smallest absolute Gasteiger partial charge is 0.355 e. The highest BCUT2D eigenvalue weighted by molar-refractivity contribution is 5.85. The number of likely N-dealkylation sites (tertiary alicyclic amines) is 1. The van der Waals surface area contributed by atoms with E-state index in [1.54, 1.807) is 0 Å². The van der Waals surface area contributed by atoms with Crippen molar-refractivity contribution >= 4 is 30.7 Å². The number of carbonyl (C=O) groups is 1. The Balaban J connectivity index is 0.00000242. The molecule has 9 heteroatoms. The molecule has 0 bridgehead atoms. The topological polar surface area (TPSA) is 44.4 Å². The Morgan fingerprint density at radius 1 is 1.17 bits per heavy atom. The maximum atomic E-state index is 12.3. The van der Waals surface area contributed by atoms with Gasteiger partial charge in [-0.15, -0.1) is 24.8 Å². The van der Waals surface area contributed by atoms with Crippen LogP contribution < -0.4 is 10.6 Å². The molecule has 0 spiro atoms. The van der Waals surface area contributed by atoms with Crippen molar-refractivity contribution in [1.82, 2.24) is 15.5 Å². The van der Waals surface area contributed by atoms with E-state index in [4.69, 9.17) is 0 Å². The third kappa shape index (κ3) is 8.42. The van der Waals surface area contributed by atoms with Crippen molar-refractivity contribution in [1.29, 1.82) is 0 Å². The Labute approximate surface area is 147 Å². The highest BCUT2D eigenvalue weighted by Gasteiger charge is 2.32. The van der Waals surface area contributed by atoms with Crippen molar-refractivity contribution in [2.75, 3.05) is 32.7 Å². The molecule has 0 aliphatic carbocycles. The summed E-state index contributed by atoms with van der Waals surface area (Å²) in [5.74, 6) is 0.480. The molecule has 1 atom stereocenters. The summed E-state index contributed by atoms with van der Waals surface area (Å²) < 4.78 is 36.8. The van der Waals surface area contributed by atoms with Gasteiger partial charge in [0.2, 0.25) is 5.91 Å². The maximum absolute atomic E-state index is 12.3. The van der Waals surface area contributed by atoms with E-state index in [-0.39, 0.29) is 36.8 Å². The van der Waals surface area contributed by atoms with Gasteiger partial charge in [0.1, 0.15) is 0 Å². The first-order valence-electron chi connectivity index (χ1n) is 7.74. The lowest BCUT2D eigenvalue weighted by Crippen LogP contribution is -2.42. The van der Waals surface area contributed by atoms with E-state index in [0.717, 1.165) is 38.6 Å². The van der Waals surface area contributed by atoms with Gasteiger partial charge in [-0.1, -0.05) is 0 Å². The molecule has 0 aromatic carbocycles. The minimum Gasteiger partial charge on any atom is -0.355 e. The van der Waals surface area contributed by atoms with E-state index in [1.165, 1.54) is 4.90 Å². The molecule has 138 valence electrons. The number of nitrogens with zero attached hydrogens (tertiary/aromatic N) is 1. The Bertz CT molecular complexity index is 345. The Hall–Kier alpha value is -0.240. The zero-order valence-corrected chi connectivity index (χ0v) is 14.7. The van der Waals surface area contributed by atoms with Crippen LogP contribution in [0.3, 0.4) is 0 Å². The molecule has 2 aliphatic rings. The number of nitrogens with one attached hydrogen (secondary N) is 2. The summed E-state index contributed by atoms with van der Waals surface area (Å²) >= 11 is 0. The van der Waals surface area contributed by atoms with Crippen LogP contribution >= 0.6 is 24.8 Å². The van der Waals surface area contributed by atoms with E-state index < -0.39 is 12.7 Å².